The predicted molar refractivity (Wildman–Crippen MR) is 90.9 cm³/mol. The smallest absolute Gasteiger partial charge is 0.316 e. The van der Waals surface area contributed by atoms with Gasteiger partial charge < -0.3 is 4.74 Å². The van der Waals surface area contributed by atoms with E-state index in [1.165, 1.54) is 11.8 Å². The highest BCUT2D eigenvalue weighted by Gasteiger charge is 2.16. The molecule has 0 N–H and O–H groups in total. The van der Waals surface area contributed by atoms with E-state index in [1.807, 2.05) is 32.0 Å². The quantitative estimate of drug-likeness (QED) is 0.336. The summed E-state index contributed by atoms with van der Waals surface area (Å²) in [6, 6.07) is 7.41. The van der Waals surface area contributed by atoms with E-state index >= 15 is 0 Å². The van der Waals surface area contributed by atoms with Crippen LogP contribution in [0.5, 0.6) is 0 Å². The van der Waals surface area contributed by atoms with Crippen LogP contribution in [0.4, 0.5) is 0 Å². The van der Waals surface area contributed by atoms with Crippen molar-refractivity contribution >= 4 is 17.7 Å². The summed E-state index contributed by atoms with van der Waals surface area (Å²) in [6.07, 6.45) is 5.14. The Hall–Kier alpha value is -2.21. The zero-order valence-corrected chi connectivity index (χ0v) is 14.0. The van der Waals surface area contributed by atoms with Gasteiger partial charge in [0.2, 0.25) is 0 Å². The third-order valence-corrected chi connectivity index (χ3v) is 3.87. The third-order valence-electron chi connectivity index (χ3n) is 3.04. The fourth-order valence-corrected chi connectivity index (χ4v) is 2.19. The Morgan fingerprint density at radius 1 is 1.26 bits per heavy atom. The normalized spacial score (nSPS) is 11.0. The molecule has 2 heterocycles. The molecule has 2 rings (SSSR count). The van der Waals surface area contributed by atoms with Gasteiger partial charge in [-0.25, -0.2) is 9.97 Å². The Morgan fingerprint density at radius 3 is 2.78 bits per heavy atom. The van der Waals surface area contributed by atoms with Crippen molar-refractivity contribution in [2.75, 3.05) is 12.4 Å². The van der Waals surface area contributed by atoms with Crippen molar-refractivity contribution in [3.05, 3.63) is 49.3 Å². The van der Waals surface area contributed by atoms with E-state index in [0.717, 1.165) is 11.4 Å². The van der Waals surface area contributed by atoms with Gasteiger partial charge in [-0.15, -0.1) is 6.58 Å². The molecule has 2 aromatic rings. The molecular weight excluding hydrogens is 310 g/mol. The standard InChI is InChI=1S/C17H19N3O2S/c1-4-17(2,3)12-22-15(21)11-23-16-19-10-8-14(20-16)13-7-5-6-9-18-13/h4-10H,1,11-12H2,2-3H3. The maximum Gasteiger partial charge on any atom is 0.316 e. The average molecular weight is 329 g/mol. The van der Waals surface area contributed by atoms with Crippen LogP contribution in [0.25, 0.3) is 11.4 Å². The Bertz CT molecular complexity index is 675. The van der Waals surface area contributed by atoms with Crippen LogP contribution < -0.4 is 0 Å². The van der Waals surface area contributed by atoms with Gasteiger partial charge in [-0.05, 0) is 18.2 Å². The van der Waals surface area contributed by atoms with Crippen LogP contribution in [0.3, 0.4) is 0 Å². The molecule has 2 aromatic heterocycles. The molecule has 0 bridgehead atoms. The second kappa shape index (κ2) is 7.87. The molecule has 0 unspecified atom stereocenters. The van der Waals surface area contributed by atoms with Crippen molar-refractivity contribution in [1.29, 1.82) is 0 Å². The number of nitrogens with zero attached hydrogens (tertiary/aromatic N) is 3. The summed E-state index contributed by atoms with van der Waals surface area (Å²) >= 11 is 1.25. The summed E-state index contributed by atoms with van der Waals surface area (Å²) in [4.78, 5) is 24.6. The summed E-state index contributed by atoms with van der Waals surface area (Å²) in [5.74, 6) is -0.129. The van der Waals surface area contributed by atoms with Crippen molar-refractivity contribution in [2.45, 2.75) is 19.0 Å². The molecule has 0 radical (unpaired) electrons. The van der Waals surface area contributed by atoms with Crippen molar-refractivity contribution < 1.29 is 9.53 Å². The van der Waals surface area contributed by atoms with Gasteiger partial charge in [0.1, 0.15) is 0 Å². The molecule has 0 aliphatic carbocycles. The predicted octanol–water partition coefficient (Wildman–Crippen LogP) is 3.39. The lowest BCUT2D eigenvalue weighted by Gasteiger charge is -2.18. The number of carbonyl (C=O) groups is 1. The third kappa shape index (κ3) is 5.49. The molecule has 23 heavy (non-hydrogen) atoms. The van der Waals surface area contributed by atoms with Crippen LogP contribution in [0, 0.1) is 5.41 Å². The van der Waals surface area contributed by atoms with Gasteiger partial charge in [0.15, 0.2) is 5.16 Å². The minimum atomic E-state index is -0.295. The maximum absolute atomic E-state index is 11.8. The van der Waals surface area contributed by atoms with E-state index < -0.39 is 0 Å². The topological polar surface area (TPSA) is 65.0 Å². The highest BCUT2D eigenvalue weighted by atomic mass is 32.2. The van der Waals surface area contributed by atoms with E-state index in [0.29, 0.717) is 11.8 Å². The SMILES string of the molecule is C=CC(C)(C)COC(=O)CSc1nccc(-c2ccccn2)n1. The maximum atomic E-state index is 11.8. The number of aromatic nitrogens is 3. The van der Waals surface area contributed by atoms with E-state index in [-0.39, 0.29) is 17.1 Å². The zero-order chi connectivity index (χ0) is 16.7. The van der Waals surface area contributed by atoms with Crippen LogP contribution in [-0.4, -0.2) is 33.3 Å². The molecule has 0 fully saturated rings. The second-order valence-electron chi connectivity index (χ2n) is 5.58. The first kappa shape index (κ1) is 17.1. The molecule has 6 heteroatoms. The van der Waals surface area contributed by atoms with Gasteiger partial charge >= 0.3 is 5.97 Å². The van der Waals surface area contributed by atoms with E-state index in [1.54, 1.807) is 24.5 Å². The van der Waals surface area contributed by atoms with Crippen LogP contribution in [0.15, 0.2) is 54.5 Å². The van der Waals surface area contributed by atoms with E-state index in [2.05, 4.69) is 21.5 Å². The molecule has 120 valence electrons. The Balaban J connectivity index is 1.91. The molecule has 0 saturated heterocycles. The first-order chi connectivity index (χ1) is 11.0. The summed E-state index contributed by atoms with van der Waals surface area (Å²) < 4.78 is 5.24. The van der Waals surface area contributed by atoms with Crippen molar-refractivity contribution in [1.82, 2.24) is 15.0 Å². The fraction of sp³-hybridized carbons (Fsp3) is 0.294. The lowest BCUT2D eigenvalue weighted by atomic mass is 9.95. The summed E-state index contributed by atoms with van der Waals surface area (Å²) in [5, 5.41) is 0.521. The van der Waals surface area contributed by atoms with E-state index in [9.17, 15) is 4.79 Å². The summed E-state index contributed by atoms with van der Waals surface area (Å²) in [6.45, 7) is 7.95. The highest BCUT2D eigenvalue weighted by Crippen LogP contribution is 2.20. The lowest BCUT2D eigenvalue weighted by Crippen LogP contribution is -2.20. The number of rotatable bonds is 7. The molecule has 0 saturated carbocycles. The Labute approximate surface area is 140 Å². The monoisotopic (exact) mass is 329 g/mol. The fourth-order valence-electron chi connectivity index (χ4n) is 1.56. The minimum absolute atomic E-state index is 0.166. The molecule has 5 nitrogen and oxygen atoms in total. The van der Waals surface area contributed by atoms with Gasteiger partial charge in [0, 0.05) is 17.8 Å². The number of carbonyl (C=O) groups excluding carboxylic acids is 1. The Morgan fingerprint density at radius 2 is 2.09 bits per heavy atom. The number of ether oxygens (including phenoxy) is 1. The first-order valence-electron chi connectivity index (χ1n) is 7.17. The Kier molecular flexibility index (Phi) is 5.87. The summed E-state index contributed by atoms with van der Waals surface area (Å²) in [7, 11) is 0. The van der Waals surface area contributed by atoms with E-state index in [4.69, 9.17) is 4.74 Å². The number of esters is 1. The van der Waals surface area contributed by atoms with Gasteiger partial charge in [-0.2, -0.15) is 0 Å². The molecule has 0 spiro atoms. The average Bonchev–Trinajstić information content (AvgIpc) is 2.59. The van der Waals surface area contributed by atoms with Crippen molar-refractivity contribution in [3.63, 3.8) is 0 Å². The minimum Gasteiger partial charge on any atom is -0.464 e. The van der Waals surface area contributed by atoms with Gasteiger partial charge in [0.05, 0.1) is 23.7 Å². The second-order valence-corrected chi connectivity index (χ2v) is 6.52. The van der Waals surface area contributed by atoms with Gasteiger partial charge in [0.25, 0.3) is 0 Å². The van der Waals surface area contributed by atoms with Crippen LogP contribution in [0.2, 0.25) is 0 Å². The largest absolute Gasteiger partial charge is 0.464 e. The van der Waals surface area contributed by atoms with Gasteiger partial charge in [-0.3, -0.25) is 9.78 Å². The molecule has 0 aliphatic heterocycles. The van der Waals surface area contributed by atoms with Crippen molar-refractivity contribution in [2.24, 2.45) is 5.41 Å². The molecular formula is C17H19N3O2S. The first-order valence-corrected chi connectivity index (χ1v) is 8.15. The number of pyridine rings is 1. The number of thioether (sulfide) groups is 1. The molecule has 0 aliphatic rings. The lowest BCUT2D eigenvalue weighted by molar-refractivity contribution is -0.142. The van der Waals surface area contributed by atoms with Crippen LogP contribution in [-0.2, 0) is 9.53 Å². The van der Waals surface area contributed by atoms with Crippen LogP contribution >= 0.6 is 11.8 Å². The number of hydrogen-bond acceptors (Lipinski definition) is 6. The summed E-state index contributed by atoms with van der Waals surface area (Å²) in [5.41, 5.74) is 1.27. The number of hydrogen-bond donors (Lipinski definition) is 0. The van der Waals surface area contributed by atoms with Crippen LogP contribution in [0.1, 0.15) is 13.8 Å². The highest BCUT2D eigenvalue weighted by molar-refractivity contribution is 7.99. The zero-order valence-electron chi connectivity index (χ0n) is 13.2. The van der Waals surface area contributed by atoms with Gasteiger partial charge in [-0.1, -0.05) is 37.8 Å². The van der Waals surface area contributed by atoms with Crippen molar-refractivity contribution in [3.8, 4) is 11.4 Å². The molecule has 0 atom stereocenters. The molecule has 0 amide bonds. The molecule has 0 aromatic carbocycles.